The van der Waals surface area contributed by atoms with Crippen LogP contribution in [0.4, 0.5) is 0 Å². The highest BCUT2D eigenvalue weighted by molar-refractivity contribution is 7.98. The van der Waals surface area contributed by atoms with E-state index in [1.54, 1.807) is 11.8 Å². The normalized spacial score (nSPS) is 11.0. The lowest BCUT2D eigenvalue weighted by Crippen LogP contribution is -1.94. The Balaban J connectivity index is 2.21. The maximum absolute atomic E-state index is 6.30. The third kappa shape index (κ3) is 2.73. The standard InChI is InChI=1S/C16H12Cl2N2S/c1-9-13(17)8-7-12-14(9)19-16(20-15(12)18)10-3-5-11(21-2)6-4-10/h3-8H,1-2H3. The van der Waals surface area contributed by atoms with Gasteiger partial charge in [0.05, 0.1) is 5.52 Å². The average Bonchev–Trinajstić information content (AvgIpc) is 2.51. The van der Waals surface area contributed by atoms with Crippen molar-refractivity contribution in [3.63, 3.8) is 0 Å². The van der Waals surface area contributed by atoms with Gasteiger partial charge < -0.3 is 0 Å². The molecule has 5 heteroatoms. The van der Waals surface area contributed by atoms with Gasteiger partial charge in [-0.05, 0) is 43.0 Å². The van der Waals surface area contributed by atoms with Crippen molar-refractivity contribution in [2.45, 2.75) is 11.8 Å². The molecule has 3 rings (SSSR count). The van der Waals surface area contributed by atoms with Gasteiger partial charge in [0.2, 0.25) is 0 Å². The minimum atomic E-state index is 0.448. The molecular formula is C16H12Cl2N2S. The van der Waals surface area contributed by atoms with Crippen LogP contribution in [0.3, 0.4) is 0 Å². The fourth-order valence-electron chi connectivity index (χ4n) is 2.14. The fourth-order valence-corrected chi connectivity index (χ4v) is 2.93. The summed E-state index contributed by atoms with van der Waals surface area (Å²) in [6, 6.07) is 11.8. The van der Waals surface area contributed by atoms with Crippen molar-refractivity contribution >= 4 is 45.9 Å². The van der Waals surface area contributed by atoms with Gasteiger partial charge in [-0.3, -0.25) is 0 Å². The first-order valence-corrected chi connectivity index (χ1v) is 8.35. The lowest BCUT2D eigenvalue weighted by molar-refractivity contribution is 1.21. The maximum Gasteiger partial charge on any atom is 0.161 e. The molecule has 0 atom stereocenters. The minimum absolute atomic E-state index is 0.448. The van der Waals surface area contributed by atoms with Crippen LogP contribution < -0.4 is 0 Å². The van der Waals surface area contributed by atoms with E-state index in [4.69, 9.17) is 23.2 Å². The average molecular weight is 335 g/mol. The number of halogens is 2. The Labute approximate surface area is 137 Å². The Morgan fingerprint density at radius 3 is 2.33 bits per heavy atom. The molecule has 0 unspecified atom stereocenters. The molecular weight excluding hydrogens is 323 g/mol. The van der Waals surface area contributed by atoms with E-state index in [1.807, 2.05) is 49.6 Å². The van der Waals surface area contributed by atoms with E-state index in [1.165, 1.54) is 4.90 Å². The smallest absolute Gasteiger partial charge is 0.161 e. The maximum atomic E-state index is 6.30. The molecule has 0 N–H and O–H groups in total. The molecule has 1 aromatic heterocycles. The second-order valence-corrected chi connectivity index (χ2v) is 6.28. The van der Waals surface area contributed by atoms with Crippen molar-refractivity contribution in [1.82, 2.24) is 9.97 Å². The Kier molecular flexibility index (Phi) is 4.07. The van der Waals surface area contributed by atoms with Gasteiger partial charge in [-0.2, -0.15) is 0 Å². The summed E-state index contributed by atoms with van der Waals surface area (Å²) in [6.45, 7) is 1.94. The number of benzene rings is 2. The third-order valence-corrected chi connectivity index (χ3v) is 4.80. The van der Waals surface area contributed by atoms with Crippen LogP contribution in [0.1, 0.15) is 5.56 Å². The number of thioether (sulfide) groups is 1. The molecule has 0 bridgehead atoms. The predicted molar refractivity (Wildman–Crippen MR) is 91.5 cm³/mol. The molecule has 1 heterocycles. The molecule has 0 amide bonds. The molecule has 0 saturated carbocycles. The lowest BCUT2D eigenvalue weighted by Gasteiger charge is -2.08. The zero-order valence-electron chi connectivity index (χ0n) is 11.5. The second-order valence-electron chi connectivity index (χ2n) is 4.64. The van der Waals surface area contributed by atoms with Crippen LogP contribution >= 0.6 is 35.0 Å². The van der Waals surface area contributed by atoms with Gasteiger partial charge in [0.15, 0.2) is 5.82 Å². The number of fused-ring (bicyclic) bond motifs is 1. The number of hydrogen-bond donors (Lipinski definition) is 0. The van der Waals surface area contributed by atoms with Crippen LogP contribution in [0.5, 0.6) is 0 Å². The summed E-state index contributed by atoms with van der Waals surface area (Å²) >= 11 is 14.2. The summed E-state index contributed by atoms with van der Waals surface area (Å²) in [5.41, 5.74) is 2.66. The highest BCUT2D eigenvalue weighted by Gasteiger charge is 2.11. The van der Waals surface area contributed by atoms with Gasteiger partial charge >= 0.3 is 0 Å². The van der Waals surface area contributed by atoms with Crippen molar-refractivity contribution in [2.24, 2.45) is 0 Å². The van der Waals surface area contributed by atoms with E-state index in [9.17, 15) is 0 Å². The molecule has 3 aromatic rings. The van der Waals surface area contributed by atoms with Crippen LogP contribution in [0, 0.1) is 6.92 Å². The summed E-state index contributed by atoms with van der Waals surface area (Å²) in [6.07, 6.45) is 2.05. The van der Waals surface area contributed by atoms with Crippen molar-refractivity contribution in [3.8, 4) is 11.4 Å². The van der Waals surface area contributed by atoms with E-state index in [-0.39, 0.29) is 0 Å². The van der Waals surface area contributed by atoms with Gasteiger partial charge in [0.25, 0.3) is 0 Å². The van der Waals surface area contributed by atoms with Crippen molar-refractivity contribution in [2.75, 3.05) is 6.26 Å². The summed E-state index contributed by atoms with van der Waals surface area (Å²) in [7, 11) is 0. The van der Waals surface area contributed by atoms with E-state index < -0.39 is 0 Å². The van der Waals surface area contributed by atoms with Crippen molar-refractivity contribution < 1.29 is 0 Å². The Bertz CT molecular complexity index is 817. The minimum Gasteiger partial charge on any atom is -0.228 e. The van der Waals surface area contributed by atoms with Gasteiger partial charge in [0, 0.05) is 20.9 Å². The predicted octanol–water partition coefficient (Wildman–Crippen LogP) is 5.63. The number of rotatable bonds is 2. The van der Waals surface area contributed by atoms with Gasteiger partial charge in [-0.1, -0.05) is 35.3 Å². The number of aromatic nitrogens is 2. The van der Waals surface area contributed by atoms with E-state index in [2.05, 4.69) is 9.97 Å². The van der Waals surface area contributed by atoms with Crippen molar-refractivity contribution in [3.05, 3.63) is 52.1 Å². The number of hydrogen-bond acceptors (Lipinski definition) is 3. The molecule has 21 heavy (non-hydrogen) atoms. The molecule has 106 valence electrons. The first-order chi connectivity index (χ1) is 10.1. The van der Waals surface area contributed by atoms with Crippen molar-refractivity contribution in [1.29, 1.82) is 0 Å². The first-order valence-electron chi connectivity index (χ1n) is 6.37. The number of aryl methyl sites for hydroxylation is 1. The Morgan fingerprint density at radius 2 is 1.67 bits per heavy atom. The topological polar surface area (TPSA) is 25.8 Å². The first kappa shape index (κ1) is 14.6. The summed E-state index contributed by atoms with van der Waals surface area (Å²) in [5, 5.41) is 1.95. The van der Waals surface area contributed by atoms with Gasteiger partial charge in [-0.25, -0.2) is 9.97 Å². The molecule has 0 aliphatic carbocycles. The highest BCUT2D eigenvalue weighted by atomic mass is 35.5. The van der Waals surface area contributed by atoms with E-state index in [0.29, 0.717) is 16.0 Å². The summed E-state index contributed by atoms with van der Waals surface area (Å²) in [5.74, 6) is 0.616. The quantitative estimate of drug-likeness (QED) is 0.448. The SMILES string of the molecule is CSc1ccc(-c2nc(Cl)c3ccc(Cl)c(C)c3n2)cc1. The van der Waals surface area contributed by atoms with E-state index in [0.717, 1.165) is 22.0 Å². The largest absolute Gasteiger partial charge is 0.228 e. The Morgan fingerprint density at radius 1 is 0.952 bits per heavy atom. The zero-order chi connectivity index (χ0) is 15.0. The van der Waals surface area contributed by atoms with Crippen LogP contribution in [0.2, 0.25) is 10.2 Å². The van der Waals surface area contributed by atoms with Crippen LogP contribution in [0.25, 0.3) is 22.3 Å². The summed E-state index contributed by atoms with van der Waals surface area (Å²) < 4.78 is 0. The molecule has 0 saturated heterocycles. The van der Waals surface area contributed by atoms with Crippen LogP contribution in [-0.2, 0) is 0 Å². The van der Waals surface area contributed by atoms with E-state index >= 15 is 0 Å². The molecule has 0 fully saturated rings. The molecule has 0 spiro atoms. The zero-order valence-corrected chi connectivity index (χ0v) is 13.9. The molecule has 0 aliphatic rings. The molecule has 0 aliphatic heterocycles. The third-order valence-electron chi connectivity index (χ3n) is 3.36. The number of nitrogens with zero attached hydrogens (tertiary/aromatic N) is 2. The second kappa shape index (κ2) is 5.84. The molecule has 0 radical (unpaired) electrons. The molecule has 2 nitrogen and oxygen atoms in total. The fraction of sp³-hybridized carbons (Fsp3) is 0.125. The van der Waals surface area contributed by atoms with Gasteiger partial charge in [-0.15, -0.1) is 11.8 Å². The Hall–Kier alpha value is -1.29. The lowest BCUT2D eigenvalue weighted by atomic mass is 10.1. The highest BCUT2D eigenvalue weighted by Crippen LogP contribution is 2.30. The van der Waals surface area contributed by atoms with Crippen LogP contribution in [0.15, 0.2) is 41.3 Å². The summed E-state index contributed by atoms with van der Waals surface area (Å²) in [4.78, 5) is 10.2. The molecule has 2 aromatic carbocycles. The van der Waals surface area contributed by atoms with Crippen LogP contribution in [-0.4, -0.2) is 16.2 Å². The monoisotopic (exact) mass is 334 g/mol. The van der Waals surface area contributed by atoms with Gasteiger partial charge in [0.1, 0.15) is 5.15 Å².